The summed E-state index contributed by atoms with van der Waals surface area (Å²) in [6.07, 6.45) is 0. The Bertz CT molecular complexity index is 633. The number of benzene rings is 2. The van der Waals surface area contributed by atoms with Gasteiger partial charge in [0.25, 0.3) is 0 Å². The molecule has 109 valence electrons. The number of hydroxylamine groups is 1. The average molecular weight is 282 g/mol. The van der Waals surface area contributed by atoms with E-state index in [4.69, 9.17) is 4.74 Å². The quantitative estimate of drug-likeness (QED) is 0.786. The minimum absolute atomic E-state index is 0.274. The van der Waals surface area contributed by atoms with Gasteiger partial charge in [-0.1, -0.05) is 68.4 Å². The maximum absolute atomic E-state index is 13.2. The van der Waals surface area contributed by atoms with Crippen LogP contribution in [0.15, 0.2) is 54.6 Å². The molecule has 0 N–H and O–H groups in total. The van der Waals surface area contributed by atoms with E-state index in [1.54, 1.807) is 0 Å². The van der Waals surface area contributed by atoms with Crippen molar-refractivity contribution in [3.63, 3.8) is 0 Å². The molecule has 3 nitrogen and oxygen atoms in total. The molecule has 0 amide bonds. The predicted octanol–water partition coefficient (Wildman–Crippen LogP) is 4.17. The third-order valence-corrected chi connectivity index (χ3v) is 4.36. The molecule has 0 fully saturated rings. The van der Waals surface area contributed by atoms with Crippen molar-refractivity contribution < 1.29 is 9.94 Å². The molecule has 0 spiro atoms. The van der Waals surface area contributed by atoms with Crippen LogP contribution in [0.25, 0.3) is 0 Å². The Hall–Kier alpha value is -2.00. The first-order valence-corrected chi connectivity index (χ1v) is 7.21. The molecule has 1 atom stereocenters. The van der Waals surface area contributed by atoms with Gasteiger partial charge in [-0.15, -0.1) is 0 Å². The van der Waals surface area contributed by atoms with Crippen molar-refractivity contribution in [3.05, 3.63) is 60.2 Å². The molecule has 0 aromatic heterocycles. The average Bonchev–Trinajstić information content (AvgIpc) is 2.48. The summed E-state index contributed by atoms with van der Waals surface area (Å²) < 4.78 is 5.95. The molecule has 1 radical (unpaired) electrons. The molecule has 1 aliphatic heterocycles. The Morgan fingerprint density at radius 1 is 1.00 bits per heavy atom. The van der Waals surface area contributed by atoms with E-state index in [-0.39, 0.29) is 5.41 Å². The summed E-state index contributed by atoms with van der Waals surface area (Å²) in [5.74, 6) is 0.656. The molecule has 0 aliphatic carbocycles. The van der Waals surface area contributed by atoms with Gasteiger partial charge in [-0.3, -0.25) is 0 Å². The molecule has 0 saturated carbocycles. The van der Waals surface area contributed by atoms with Crippen LogP contribution in [-0.2, 0) is 10.7 Å². The summed E-state index contributed by atoms with van der Waals surface area (Å²) in [5.41, 5.74) is 0.580. The van der Waals surface area contributed by atoms with Crippen LogP contribution in [0.5, 0.6) is 5.75 Å². The van der Waals surface area contributed by atoms with E-state index in [0.29, 0.717) is 18.0 Å². The van der Waals surface area contributed by atoms with Crippen molar-refractivity contribution in [2.75, 3.05) is 11.7 Å². The van der Waals surface area contributed by atoms with Gasteiger partial charge >= 0.3 is 0 Å². The van der Waals surface area contributed by atoms with Gasteiger partial charge in [0.15, 0.2) is 0 Å². The molecular formula is C18H20NO2. The standard InChI is InChI=1S/C18H20NO2/c1-17(2,3)18(14-9-5-4-6-10-14)13-21-16-12-8-7-11-15(16)19(18)20/h4-12H,13H2,1-3H3. The smallest absolute Gasteiger partial charge is 0.145 e. The SMILES string of the molecule is CC(C)(C)C1(c2ccccc2)COc2ccccc2N1[O]. The van der Waals surface area contributed by atoms with Gasteiger partial charge in [-0.25, -0.2) is 5.06 Å². The molecule has 0 saturated heterocycles. The lowest BCUT2D eigenvalue weighted by Crippen LogP contribution is -2.58. The van der Waals surface area contributed by atoms with Crippen molar-refractivity contribution in [2.45, 2.75) is 26.3 Å². The Labute approximate surface area is 125 Å². The third kappa shape index (κ3) is 2.00. The first kappa shape index (κ1) is 14.0. The lowest BCUT2D eigenvalue weighted by atomic mass is 9.68. The second-order valence-corrected chi connectivity index (χ2v) is 6.53. The zero-order valence-electron chi connectivity index (χ0n) is 12.7. The van der Waals surface area contributed by atoms with Crippen LogP contribution in [0, 0.1) is 5.41 Å². The summed E-state index contributed by atoms with van der Waals surface area (Å²) in [6.45, 7) is 6.60. The second kappa shape index (κ2) is 4.78. The summed E-state index contributed by atoms with van der Waals surface area (Å²) in [5, 5.41) is 14.4. The van der Waals surface area contributed by atoms with Crippen LogP contribution >= 0.6 is 0 Å². The van der Waals surface area contributed by atoms with Gasteiger partial charge in [0, 0.05) is 0 Å². The van der Waals surface area contributed by atoms with Gasteiger partial charge in [0.05, 0.1) is 0 Å². The number of rotatable bonds is 1. The molecular weight excluding hydrogens is 262 g/mol. The van der Waals surface area contributed by atoms with Crippen molar-refractivity contribution in [1.29, 1.82) is 0 Å². The maximum Gasteiger partial charge on any atom is 0.145 e. The molecule has 1 heterocycles. The van der Waals surface area contributed by atoms with E-state index in [0.717, 1.165) is 10.6 Å². The van der Waals surface area contributed by atoms with Crippen molar-refractivity contribution in [3.8, 4) is 5.75 Å². The highest BCUT2D eigenvalue weighted by Crippen LogP contribution is 2.50. The highest BCUT2D eigenvalue weighted by atomic mass is 16.5. The molecule has 2 aromatic carbocycles. The maximum atomic E-state index is 13.2. The monoisotopic (exact) mass is 282 g/mol. The van der Waals surface area contributed by atoms with Gasteiger partial charge in [-0.2, -0.15) is 0 Å². The topological polar surface area (TPSA) is 32.4 Å². The number of hydrogen-bond donors (Lipinski definition) is 0. The van der Waals surface area contributed by atoms with Gasteiger partial charge < -0.3 is 4.74 Å². The van der Waals surface area contributed by atoms with Crippen LogP contribution in [0.1, 0.15) is 26.3 Å². The Morgan fingerprint density at radius 2 is 1.62 bits per heavy atom. The van der Waals surface area contributed by atoms with Crippen LogP contribution < -0.4 is 9.80 Å². The minimum Gasteiger partial charge on any atom is -0.488 e. The lowest BCUT2D eigenvalue weighted by Gasteiger charge is -2.51. The summed E-state index contributed by atoms with van der Waals surface area (Å²) in [6, 6.07) is 17.3. The Morgan fingerprint density at radius 3 is 2.29 bits per heavy atom. The predicted molar refractivity (Wildman–Crippen MR) is 82.7 cm³/mol. The highest BCUT2D eigenvalue weighted by Gasteiger charge is 2.53. The van der Waals surface area contributed by atoms with Crippen molar-refractivity contribution in [2.24, 2.45) is 5.41 Å². The highest BCUT2D eigenvalue weighted by molar-refractivity contribution is 5.61. The largest absolute Gasteiger partial charge is 0.488 e. The summed E-state index contributed by atoms with van der Waals surface area (Å²) in [4.78, 5) is 0. The van der Waals surface area contributed by atoms with Crippen LogP contribution in [0.3, 0.4) is 0 Å². The number of hydrogen-bond acceptors (Lipinski definition) is 2. The first-order valence-electron chi connectivity index (χ1n) is 7.21. The van der Waals surface area contributed by atoms with Crippen LogP contribution in [0.2, 0.25) is 0 Å². The van der Waals surface area contributed by atoms with E-state index in [1.165, 1.54) is 0 Å². The number of nitrogens with zero attached hydrogens (tertiary/aromatic N) is 1. The zero-order valence-corrected chi connectivity index (χ0v) is 12.7. The Kier molecular flexibility index (Phi) is 3.18. The van der Waals surface area contributed by atoms with E-state index in [2.05, 4.69) is 20.8 Å². The molecule has 1 unspecified atom stereocenters. The number of para-hydroxylation sites is 2. The fourth-order valence-corrected chi connectivity index (χ4v) is 3.06. The number of anilines is 1. The molecule has 3 heteroatoms. The zero-order chi connectivity index (χ0) is 15.1. The van der Waals surface area contributed by atoms with E-state index in [1.807, 2.05) is 54.6 Å². The molecule has 2 aromatic rings. The van der Waals surface area contributed by atoms with Gasteiger partial charge in [0.1, 0.15) is 23.6 Å². The lowest BCUT2D eigenvalue weighted by molar-refractivity contribution is -0.0286. The van der Waals surface area contributed by atoms with E-state index < -0.39 is 5.54 Å². The third-order valence-electron chi connectivity index (χ3n) is 4.36. The summed E-state index contributed by atoms with van der Waals surface area (Å²) >= 11 is 0. The fraction of sp³-hybridized carbons (Fsp3) is 0.333. The minimum atomic E-state index is -0.734. The van der Waals surface area contributed by atoms with Gasteiger partial charge in [-0.05, 0) is 23.1 Å². The normalized spacial score (nSPS) is 21.6. The Balaban J connectivity index is 2.20. The van der Waals surface area contributed by atoms with Crippen LogP contribution in [0.4, 0.5) is 5.69 Å². The van der Waals surface area contributed by atoms with Crippen molar-refractivity contribution in [1.82, 2.24) is 0 Å². The molecule has 3 rings (SSSR count). The number of fused-ring (bicyclic) bond motifs is 1. The van der Waals surface area contributed by atoms with Gasteiger partial charge in [0.2, 0.25) is 0 Å². The second-order valence-electron chi connectivity index (χ2n) is 6.53. The van der Waals surface area contributed by atoms with Crippen LogP contribution in [-0.4, -0.2) is 6.61 Å². The van der Waals surface area contributed by atoms with E-state index in [9.17, 15) is 5.21 Å². The molecule has 1 aliphatic rings. The van der Waals surface area contributed by atoms with E-state index >= 15 is 0 Å². The summed E-state index contributed by atoms with van der Waals surface area (Å²) in [7, 11) is 0. The first-order chi connectivity index (χ1) is 9.97. The van der Waals surface area contributed by atoms with Crippen molar-refractivity contribution >= 4 is 5.69 Å². The number of ether oxygens (including phenoxy) is 1. The molecule has 21 heavy (non-hydrogen) atoms. The molecule has 0 bridgehead atoms. The fourth-order valence-electron chi connectivity index (χ4n) is 3.06.